The van der Waals surface area contributed by atoms with Gasteiger partial charge in [-0.25, -0.2) is 4.79 Å². The molecule has 1 aromatic heterocycles. The molecule has 8 amide bonds. The molecule has 0 saturated carbocycles. The Balaban J connectivity index is 0.741. The monoisotopic (exact) mass is 784 g/mol. The molecule has 5 heterocycles. The molecule has 4 aliphatic heterocycles. The first-order valence-corrected chi connectivity index (χ1v) is 19.7. The highest BCUT2D eigenvalue weighted by Gasteiger charge is 2.45. The summed E-state index contributed by atoms with van der Waals surface area (Å²) in [5, 5.41) is 11.6. The number of hydrogen-bond acceptors (Lipinski definition) is 8. The Kier molecular flexibility index (Phi) is 10.8. The smallest absolute Gasteiger partial charge is 0.323 e. The number of aromatic amines is 1. The van der Waals surface area contributed by atoms with Gasteiger partial charge in [-0.3, -0.25) is 39.0 Å². The zero-order valence-electron chi connectivity index (χ0n) is 31.8. The Labute approximate surface area is 334 Å². The quantitative estimate of drug-likeness (QED) is 0.112. The number of benzene rings is 3. The molecular weight excluding hydrogens is 741 g/mol. The molecule has 15 heteroatoms. The summed E-state index contributed by atoms with van der Waals surface area (Å²) in [5.74, 6) is -1.61. The second kappa shape index (κ2) is 16.4. The first-order chi connectivity index (χ1) is 28.1. The Bertz CT molecular complexity index is 2320. The number of urea groups is 1. The van der Waals surface area contributed by atoms with Crippen LogP contribution in [0, 0.1) is 11.8 Å². The molecule has 3 aromatic carbocycles. The van der Waals surface area contributed by atoms with Crippen molar-refractivity contribution < 1.29 is 33.6 Å². The summed E-state index contributed by atoms with van der Waals surface area (Å²) in [4.78, 5) is 96.5. The highest BCUT2D eigenvalue weighted by molar-refractivity contribution is 6.23. The van der Waals surface area contributed by atoms with Crippen LogP contribution in [0.2, 0.25) is 0 Å². The summed E-state index contributed by atoms with van der Waals surface area (Å²) in [6.07, 6.45) is 9.45. The number of imide groups is 2. The fourth-order valence-corrected chi connectivity index (χ4v) is 8.44. The van der Waals surface area contributed by atoms with Crippen LogP contribution in [-0.2, 0) is 19.2 Å². The average molecular weight is 785 g/mol. The molecule has 5 N–H and O–H groups in total. The zero-order chi connectivity index (χ0) is 40.3. The fourth-order valence-electron chi connectivity index (χ4n) is 8.44. The van der Waals surface area contributed by atoms with Crippen LogP contribution in [0.5, 0.6) is 0 Å². The molecule has 4 aromatic rings. The van der Waals surface area contributed by atoms with Crippen molar-refractivity contribution in [1.29, 1.82) is 0 Å². The maximum atomic E-state index is 13.3. The van der Waals surface area contributed by atoms with Crippen molar-refractivity contribution in [3.63, 3.8) is 0 Å². The maximum absolute atomic E-state index is 13.3. The van der Waals surface area contributed by atoms with E-state index in [9.17, 15) is 33.6 Å². The van der Waals surface area contributed by atoms with E-state index < -0.39 is 41.6 Å². The van der Waals surface area contributed by atoms with Gasteiger partial charge < -0.3 is 30.7 Å². The molecule has 0 spiro atoms. The molecule has 0 radical (unpaired) electrons. The van der Waals surface area contributed by atoms with Gasteiger partial charge >= 0.3 is 6.03 Å². The summed E-state index contributed by atoms with van der Waals surface area (Å²) in [7, 11) is 0. The number of nitrogens with one attached hydrogen (secondary N) is 5. The Morgan fingerprint density at radius 2 is 1.34 bits per heavy atom. The largest absolute Gasteiger partial charge is 0.371 e. The van der Waals surface area contributed by atoms with Crippen LogP contribution >= 0.6 is 0 Å². The van der Waals surface area contributed by atoms with Crippen molar-refractivity contribution in [1.82, 2.24) is 20.1 Å². The lowest BCUT2D eigenvalue weighted by Crippen LogP contribution is -2.54. The van der Waals surface area contributed by atoms with E-state index in [1.807, 2.05) is 36.5 Å². The van der Waals surface area contributed by atoms with E-state index in [-0.39, 0.29) is 29.9 Å². The molecule has 3 saturated heterocycles. The van der Waals surface area contributed by atoms with Gasteiger partial charge in [0.05, 0.1) is 11.1 Å². The first-order valence-electron chi connectivity index (χ1n) is 19.7. The number of carbonyl (C=O) groups excluding carboxylic acids is 7. The van der Waals surface area contributed by atoms with Gasteiger partial charge in [-0.05, 0) is 116 Å². The number of carbonyl (C=O) groups is 7. The van der Waals surface area contributed by atoms with Crippen LogP contribution < -0.4 is 26.2 Å². The van der Waals surface area contributed by atoms with E-state index in [1.54, 1.807) is 41.3 Å². The lowest BCUT2D eigenvalue weighted by atomic mass is 9.82. The van der Waals surface area contributed by atoms with Crippen LogP contribution in [0.1, 0.15) is 65.7 Å². The van der Waals surface area contributed by atoms with Gasteiger partial charge in [0, 0.05) is 79.2 Å². The molecule has 4 aliphatic rings. The van der Waals surface area contributed by atoms with Gasteiger partial charge in [0.25, 0.3) is 11.8 Å². The van der Waals surface area contributed by atoms with Crippen molar-refractivity contribution >= 4 is 75.1 Å². The number of rotatable bonds is 9. The predicted molar refractivity (Wildman–Crippen MR) is 217 cm³/mol. The third-order valence-electron chi connectivity index (χ3n) is 11.6. The van der Waals surface area contributed by atoms with Gasteiger partial charge in [-0.15, -0.1) is 0 Å². The van der Waals surface area contributed by atoms with E-state index in [4.69, 9.17) is 0 Å². The molecule has 0 aliphatic carbocycles. The van der Waals surface area contributed by atoms with E-state index in [2.05, 4.69) is 31.2 Å². The zero-order valence-corrected chi connectivity index (χ0v) is 31.8. The number of fused-ring (bicyclic) bond motifs is 2. The summed E-state index contributed by atoms with van der Waals surface area (Å²) in [5.41, 5.74) is 4.07. The van der Waals surface area contributed by atoms with E-state index in [0.717, 1.165) is 66.7 Å². The van der Waals surface area contributed by atoms with Crippen LogP contribution in [0.3, 0.4) is 0 Å². The standard InChI is InChI=1S/C43H44N8O7/c52-37(45-29-3-5-30(6-4-29)46-43(58)47-31-2-1-28-13-18-44-35(28)24-31)11-12-39(54)50-21-16-27(17-22-50)23-26-14-19-49(20-15-26)32-7-8-33-34(25-32)42(57)51(41(33)56)36-9-10-38(53)48-40(36)55/h1-8,11-13,18,24-27,36,44H,9-10,14-17,19-23H2,(H,45,52)(H2,46,47,58)(H,48,53,55)/b12-11+. The van der Waals surface area contributed by atoms with Crippen LogP contribution in [0.15, 0.2) is 85.1 Å². The number of H-pyrrole nitrogens is 1. The van der Waals surface area contributed by atoms with Crippen LogP contribution in [0.4, 0.5) is 27.5 Å². The topological polar surface area (TPSA) is 193 Å². The Morgan fingerprint density at radius 1 is 0.690 bits per heavy atom. The molecule has 15 nitrogen and oxygen atoms in total. The van der Waals surface area contributed by atoms with Crippen LogP contribution in [0.25, 0.3) is 10.9 Å². The lowest BCUT2D eigenvalue weighted by molar-refractivity contribution is -0.136. The molecule has 0 bridgehead atoms. The van der Waals surface area contributed by atoms with E-state index >= 15 is 0 Å². The van der Waals surface area contributed by atoms with Crippen molar-refractivity contribution in [2.45, 2.75) is 51.0 Å². The third-order valence-corrected chi connectivity index (χ3v) is 11.6. The Morgan fingerprint density at radius 3 is 2.07 bits per heavy atom. The molecular formula is C43H44N8O7. The number of anilines is 4. The van der Waals surface area contributed by atoms with E-state index in [1.165, 1.54) is 12.2 Å². The van der Waals surface area contributed by atoms with Crippen molar-refractivity contribution in [2.24, 2.45) is 11.8 Å². The van der Waals surface area contributed by atoms with Gasteiger partial charge in [-0.2, -0.15) is 0 Å². The molecule has 3 fully saturated rings. The number of nitrogens with zero attached hydrogens (tertiary/aromatic N) is 3. The number of amides is 8. The number of likely N-dealkylation sites (tertiary alicyclic amines) is 1. The number of hydrogen-bond donors (Lipinski definition) is 5. The second-order valence-electron chi connectivity index (χ2n) is 15.4. The minimum Gasteiger partial charge on any atom is -0.371 e. The van der Waals surface area contributed by atoms with E-state index in [0.29, 0.717) is 42.0 Å². The molecule has 58 heavy (non-hydrogen) atoms. The maximum Gasteiger partial charge on any atom is 0.323 e. The Hall–Kier alpha value is -6.77. The number of aromatic nitrogens is 1. The summed E-state index contributed by atoms with van der Waals surface area (Å²) >= 11 is 0. The SMILES string of the molecule is O=C(/C=C/C(=O)N1CCC(CC2CCN(c3ccc4c(c3)C(=O)N(C3CCC(=O)NC3=O)C4=O)CC2)CC1)Nc1ccc(NC(=O)Nc2ccc3cc[nH]c3c2)cc1. The van der Waals surface area contributed by atoms with Gasteiger partial charge in [0.1, 0.15) is 6.04 Å². The highest BCUT2D eigenvalue weighted by Crippen LogP contribution is 2.35. The van der Waals surface area contributed by atoms with Crippen molar-refractivity contribution in [3.05, 3.63) is 96.2 Å². The third kappa shape index (κ3) is 8.33. The predicted octanol–water partition coefficient (Wildman–Crippen LogP) is 5.25. The lowest BCUT2D eigenvalue weighted by Gasteiger charge is -2.37. The average Bonchev–Trinajstić information content (AvgIpc) is 3.79. The van der Waals surface area contributed by atoms with Gasteiger partial charge in [-0.1, -0.05) is 6.07 Å². The summed E-state index contributed by atoms with van der Waals surface area (Å²) < 4.78 is 0. The molecule has 8 rings (SSSR count). The highest BCUT2D eigenvalue weighted by atomic mass is 16.2. The molecule has 298 valence electrons. The molecule has 1 unspecified atom stereocenters. The normalized spacial score (nSPS) is 19.1. The second-order valence-corrected chi connectivity index (χ2v) is 15.4. The number of piperidine rings is 3. The fraction of sp³-hybridized carbons (Fsp3) is 0.326. The minimum atomic E-state index is -0.987. The van der Waals surface area contributed by atoms with Gasteiger partial charge in [0.15, 0.2) is 0 Å². The van der Waals surface area contributed by atoms with Crippen molar-refractivity contribution in [2.75, 3.05) is 47.0 Å². The van der Waals surface area contributed by atoms with Crippen LogP contribution in [-0.4, -0.2) is 88.5 Å². The van der Waals surface area contributed by atoms with Gasteiger partial charge in [0.2, 0.25) is 23.6 Å². The first kappa shape index (κ1) is 38.1. The summed E-state index contributed by atoms with van der Waals surface area (Å²) in [6, 6.07) is 18.1. The van der Waals surface area contributed by atoms with Crippen molar-refractivity contribution in [3.8, 4) is 0 Å². The molecule has 1 atom stereocenters. The summed E-state index contributed by atoms with van der Waals surface area (Å²) in [6.45, 7) is 2.90. The minimum absolute atomic E-state index is 0.0789.